The van der Waals surface area contributed by atoms with E-state index in [1.807, 2.05) is 12.1 Å². The number of imidazole rings is 1. The van der Waals surface area contributed by atoms with Crippen molar-refractivity contribution in [3.63, 3.8) is 0 Å². The zero-order valence-electron chi connectivity index (χ0n) is 10.8. The van der Waals surface area contributed by atoms with Crippen molar-refractivity contribution in [2.24, 2.45) is 0 Å². The lowest BCUT2D eigenvalue weighted by atomic mass is 10.2. The Labute approximate surface area is 110 Å². The predicted molar refractivity (Wildman–Crippen MR) is 69.3 cm³/mol. The average molecular weight is 261 g/mol. The van der Waals surface area contributed by atoms with E-state index in [1.165, 1.54) is 6.20 Å². The Balaban J connectivity index is 2.02. The molecule has 2 aromatic rings. The van der Waals surface area contributed by atoms with Gasteiger partial charge in [0, 0.05) is 18.9 Å². The molecular weight excluding hydrogens is 246 g/mol. The van der Waals surface area contributed by atoms with E-state index in [2.05, 4.69) is 15.3 Å². The van der Waals surface area contributed by atoms with Gasteiger partial charge >= 0.3 is 0 Å². The van der Waals surface area contributed by atoms with Gasteiger partial charge in [0.25, 0.3) is 5.91 Å². The zero-order chi connectivity index (χ0) is 13.7. The second-order valence-electron chi connectivity index (χ2n) is 3.81. The number of nitrogens with zero attached hydrogens (tertiary/aromatic N) is 1. The predicted octanol–water partition coefficient (Wildman–Crippen LogP) is 1.36. The number of rotatable bonds is 5. The number of ether oxygens (including phenoxy) is 2. The van der Waals surface area contributed by atoms with Crippen LogP contribution < -0.4 is 14.8 Å². The molecule has 0 atom stereocenters. The van der Waals surface area contributed by atoms with Crippen molar-refractivity contribution < 1.29 is 14.3 Å². The average Bonchev–Trinajstić information content (AvgIpc) is 2.98. The van der Waals surface area contributed by atoms with Gasteiger partial charge in [-0.1, -0.05) is 6.07 Å². The van der Waals surface area contributed by atoms with Crippen LogP contribution in [0.3, 0.4) is 0 Å². The fraction of sp³-hybridized carbons (Fsp3) is 0.231. The van der Waals surface area contributed by atoms with E-state index in [0.29, 0.717) is 23.9 Å². The fourth-order valence-corrected chi connectivity index (χ4v) is 1.65. The number of nitrogens with one attached hydrogen (secondary N) is 2. The van der Waals surface area contributed by atoms with Gasteiger partial charge in [-0.25, -0.2) is 4.98 Å². The molecule has 6 heteroatoms. The minimum atomic E-state index is -0.250. The first-order chi connectivity index (χ1) is 9.24. The van der Waals surface area contributed by atoms with Crippen LogP contribution in [0, 0.1) is 0 Å². The molecule has 0 fully saturated rings. The molecule has 100 valence electrons. The monoisotopic (exact) mass is 261 g/mol. The lowest BCUT2D eigenvalue weighted by Gasteiger charge is -2.09. The van der Waals surface area contributed by atoms with E-state index in [-0.39, 0.29) is 5.91 Å². The second kappa shape index (κ2) is 5.90. The van der Waals surface area contributed by atoms with Crippen LogP contribution in [-0.4, -0.2) is 30.1 Å². The molecule has 1 heterocycles. The van der Waals surface area contributed by atoms with Crippen LogP contribution in [0.2, 0.25) is 0 Å². The third-order valence-electron chi connectivity index (χ3n) is 2.61. The Morgan fingerprint density at radius 2 is 2.11 bits per heavy atom. The summed E-state index contributed by atoms with van der Waals surface area (Å²) in [6.45, 7) is 0.389. The number of amides is 1. The van der Waals surface area contributed by atoms with Crippen molar-refractivity contribution in [3.8, 4) is 11.5 Å². The molecule has 0 saturated carbocycles. The molecule has 1 aromatic heterocycles. The number of carbonyl (C=O) groups is 1. The molecule has 2 N–H and O–H groups in total. The van der Waals surface area contributed by atoms with Crippen LogP contribution in [0.1, 0.15) is 16.2 Å². The summed E-state index contributed by atoms with van der Waals surface area (Å²) in [6, 6.07) is 5.48. The number of aromatic amines is 1. The lowest BCUT2D eigenvalue weighted by molar-refractivity contribution is 0.0941. The molecule has 19 heavy (non-hydrogen) atoms. The van der Waals surface area contributed by atoms with Gasteiger partial charge in [0.05, 0.1) is 14.2 Å². The molecule has 6 nitrogen and oxygen atoms in total. The Kier molecular flexibility index (Phi) is 4.02. The first-order valence-corrected chi connectivity index (χ1v) is 5.73. The van der Waals surface area contributed by atoms with Gasteiger partial charge in [-0.15, -0.1) is 0 Å². The number of hydrogen-bond acceptors (Lipinski definition) is 4. The molecule has 2 rings (SSSR count). The number of aromatic nitrogens is 2. The summed E-state index contributed by atoms with van der Waals surface area (Å²) in [5.41, 5.74) is 0.914. The normalized spacial score (nSPS) is 10.0. The van der Waals surface area contributed by atoms with Gasteiger partial charge in [0.1, 0.15) is 0 Å². The molecule has 1 amide bonds. The lowest BCUT2D eigenvalue weighted by Crippen LogP contribution is -2.23. The van der Waals surface area contributed by atoms with Crippen LogP contribution in [0.5, 0.6) is 11.5 Å². The van der Waals surface area contributed by atoms with Crippen molar-refractivity contribution in [2.75, 3.05) is 14.2 Å². The number of H-pyrrole nitrogens is 1. The SMILES string of the molecule is COc1ccc(CNC(=O)c2ncc[nH]2)cc1OC. The quantitative estimate of drug-likeness (QED) is 0.852. The summed E-state index contributed by atoms with van der Waals surface area (Å²) >= 11 is 0. The highest BCUT2D eigenvalue weighted by atomic mass is 16.5. The molecule has 0 spiro atoms. The molecule has 0 unspecified atom stereocenters. The van der Waals surface area contributed by atoms with E-state index in [9.17, 15) is 4.79 Å². The van der Waals surface area contributed by atoms with Crippen molar-refractivity contribution in [2.45, 2.75) is 6.54 Å². The van der Waals surface area contributed by atoms with E-state index in [0.717, 1.165) is 5.56 Å². The fourth-order valence-electron chi connectivity index (χ4n) is 1.65. The molecule has 0 aliphatic rings. The summed E-state index contributed by atoms with van der Waals surface area (Å²) in [4.78, 5) is 18.3. The smallest absolute Gasteiger partial charge is 0.287 e. The number of hydrogen-bond donors (Lipinski definition) is 2. The van der Waals surface area contributed by atoms with Crippen molar-refractivity contribution >= 4 is 5.91 Å². The van der Waals surface area contributed by atoms with E-state index in [1.54, 1.807) is 26.5 Å². The third kappa shape index (κ3) is 3.04. The van der Waals surface area contributed by atoms with E-state index in [4.69, 9.17) is 9.47 Å². The van der Waals surface area contributed by atoms with Gasteiger partial charge < -0.3 is 19.8 Å². The third-order valence-corrected chi connectivity index (χ3v) is 2.61. The van der Waals surface area contributed by atoms with Crippen LogP contribution in [-0.2, 0) is 6.54 Å². The standard InChI is InChI=1S/C13H15N3O3/c1-18-10-4-3-9(7-11(10)19-2)8-16-13(17)12-14-5-6-15-12/h3-7H,8H2,1-2H3,(H,14,15)(H,16,17). The van der Waals surface area contributed by atoms with Gasteiger partial charge in [-0.2, -0.15) is 0 Å². The Morgan fingerprint density at radius 3 is 2.74 bits per heavy atom. The van der Waals surface area contributed by atoms with Gasteiger partial charge in [-0.3, -0.25) is 4.79 Å². The first-order valence-electron chi connectivity index (χ1n) is 5.73. The van der Waals surface area contributed by atoms with E-state index < -0.39 is 0 Å². The minimum absolute atomic E-state index is 0.250. The van der Waals surface area contributed by atoms with Crippen molar-refractivity contribution in [1.29, 1.82) is 0 Å². The number of carbonyl (C=O) groups excluding carboxylic acids is 1. The molecule has 1 aromatic carbocycles. The Hall–Kier alpha value is -2.50. The summed E-state index contributed by atoms with van der Waals surface area (Å²) in [7, 11) is 3.15. The van der Waals surface area contributed by atoms with Crippen molar-refractivity contribution in [1.82, 2.24) is 15.3 Å². The molecule has 0 bridgehead atoms. The maximum Gasteiger partial charge on any atom is 0.287 e. The molecule has 0 saturated heterocycles. The summed E-state index contributed by atoms with van der Waals surface area (Å²) in [5, 5.41) is 2.76. The van der Waals surface area contributed by atoms with Gasteiger partial charge in [0.2, 0.25) is 0 Å². The zero-order valence-corrected chi connectivity index (χ0v) is 10.8. The Morgan fingerprint density at radius 1 is 1.32 bits per heavy atom. The highest BCUT2D eigenvalue weighted by Gasteiger charge is 2.08. The van der Waals surface area contributed by atoms with Crippen molar-refractivity contribution in [3.05, 3.63) is 42.0 Å². The number of methoxy groups -OCH3 is 2. The largest absolute Gasteiger partial charge is 0.493 e. The van der Waals surface area contributed by atoms with Crippen LogP contribution in [0.4, 0.5) is 0 Å². The maximum absolute atomic E-state index is 11.7. The molecule has 0 aliphatic carbocycles. The molecule has 0 aliphatic heterocycles. The van der Waals surface area contributed by atoms with Gasteiger partial charge in [0.15, 0.2) is 17.3 Å². The summed E-state index contributed by atoms with van der Waals surface area (Å²) in [6.07, 6.45) is 3.14. The summed E-state index contributed by atoms with van der Waals surface area (Å²) < 4.78 is 10.3. The van der Waals surface area contributed by atoms with Crippen LogP contribution in [0.25, 0.3) is 0 Å². The van der Waals surface area contributed by atoms with E-state index >= 15 is 0 Å². The second-order valence-corrected chi connectivity index (χ2v) is 3.81. The van der Waals surface area contributed by atoms with Crippen LogP contribution >= 0.6 is 0 Å². The number of benzene rings is 1. The molecular formula is C13H15N3O3. The Bertz CT molecular complexity index is 552. The highest BCUT2D eigenvalue weighted by Crippen LogP contribution is 2.27. The maximum atomic E-state index is 11.7. The van der Waals surface area contributed by atoms with Crippen LogP contribution in [0.15, 0.2) is 30.6 Å². The first kappa shape index (κ1) is 12.9. The highest BCUT2D eigenvalue weighted by molar-refractivity contribution is 5.90. The van der Waals surface area contributed by atoms with Gasteiger partial charge in [-0.05, 0) is 17.7 Å². The topological polar surface area (TPSA) is 76.2 Å². The summed E-state index contributed by atoms with van der Waals surface area (Å²) in [5.74, 6) is 1.33. The minimum Gasteiger partial charge on any atom is -0.493 e. The molecule has 0 radical (unpaired) electrons.